The third kappa shape index (κ3) is 5.87. The molecule has 0 fully saturated rings. The summed E-state index contributed by atoms with van der Waals surface area (Å²) in [6.07, 6.45) is 5.48. The molecule has 1 atom stereocenters. The van der Waals surface area contributed by atoms with Gasteiger partial charge < -0.3 is 15.0 Å². The molecule has 0 aliphatic carbocycles. The number of hydrogen-bond donors (Lipinski definition) is 1. The standard InChI is InChI=1S/C27H28N4O3S/c1-18(20-6-3-7-21(14-20)34-2)13-25(32)30-27-23(15-28)22-10-12-31(17-24(22)35-27)26(33)9-8-19-5-4-11-29-16-19/h3-7,11,14,16,18H,8-10,12-13,17H2,1-2H3,(H,30,32)/t18-/m0/s1. The Morgan fingerprint density at radius 3 is 2.91 bits per heavy atom. The molecule has 0 radical (unpaired) electrons. The summed E-state index contributed by atoms with van der Waals surface area (Å²) in [6, 6.07) is 13.8. The van der Waals surface area contributed by atoms with Gasteiger partial charge in [0.2, 0.25) is 11.8 Å². The molecule has 1 aliphatic heterocycles. The van der Waals surface area contributed by atoms with E-state index in [1.54, 1.807) is 19.5 Å². The molecule has 7 nitrogen and oxygen atoms in total. The van der Waals surface area contributed by atoms with E-state index in [9.17, 15) is 14.9 Å². The molecule has 35 heavy (non-hydrogen) atoms. The van der Waals surface area contributed by atoms with Gasteiger partial charge in [-0.15, -0.1) is 11.3 Å². The van der Waals surface area contributed by atoms with Gasteiger partial charge in [0, 0.05) is 36.7 Å². The highest BCUT2D eigenvalue weighted by molar-refractivity contribution is 7.16. The fourth-order valence-electron chi connectivity index (χ4n) is 4.30. The van der Waals surface area contributed by atoms with Crippen molar-refractivity contribution in [2.45, 2.75) is 45.1 Å². The quantitative estimate of drug-likeness (QED) is 0.497. The lowest BCUT2D eigenvalue weighted by Crippen LogP contribution is -2.35. The number of ether oxygens (including phenoxy) is 1. The van der Waals surface area contributed by atoms with Crippen LogP contribution in [0.1, 0.15) is 52.8 Å². The molecule has 2 amide bonds. The molecule has 1 aromatic carbocycles. The summed E-state index contributed by atoms with van der Waals surface area (Å²) in [5, 5.41) is 13.3. The Morgan fingerprint density at radius 2 is 2.17 bits per heavy atom. The van der Waals surface area contributed by atoms with E-state index in [1.807, 2.05) is 48.2 Å². The number of amides is 2. The van der Waals surface area contributed by atoms with E-state index < -0.39 is 0 Å². The number of aromatic nitrogens is 1. The van der Waals surface area contributed by atoms with Gasteiger partial charge in [-0.2, -0.15) is 5.26 Å². The fraction of sp³-hybridized carbons (Fsp3) is 0.333. The van der Waals surface area contributed by atoms with Crippen molar-refractivity contribution < 1.29 is 14.3 Å². The molecule has 0 unspecified atom stereocenters. The molecule has 0 bridgehead atoms. The summed E-state index contributed by atoms with van der Waals surface area (Å²) in [6.45, 7) is 3.04. The first-order valence-corrected chi connectivity index (χ1v) is 12.4. The van der Waals surface area contributed by atoms with Crippen LogP contribution in [-0.4, -0.2) is 35.4 Å². The second-order valence-electron chi connectivity index (χ2n) is 8.68. The Hall–Kier alpha value is -3.70. The van der Waals surface area contributed by atoms with Gasteiger partial charge in [-0.3, -0.25) is 14.6 Å². The Bertz CT molecular complexity index is 1250. The third-order valence-electron chi connectivity index (χ3n) is 6.28. The number of rotatable bonds is 8. The normalized spacial score (nSPS) is 13.5. The van der Waals surface area contributed by atoms with E-state index in [0.29, 0.717) is 49.3 Å². The van der Waals surface area contributed by atoms with E-state index in [-0.39, 0.29) is 17.7 Å². The number of anilines is 1. The number of aryl methyl sites for hydroxylation is 1. The van der Waals surface area contributed by atoms with Crippen LogP contribution in [0, 0.1) is 11.3 Å². The number of nitrogens with zero attached hydrogens (tertiary/aromatic N) is 3. The van der Waals surface area contributed by atoms with Gasteiger partial charge in [0.25, 0.3) is 0 Å². The van der Waals surface area contributed by atoms with Crippen LogP contribution in [0.5, 0.6) is 5.75 Å². The topological polar surface area (TPSA) is 95.3 Å². The van der Waals surface area contributed by atoms with E-state index in [0.717, 1.165) is 27.3 Å². The van der Waals surface area contributed by atoms with E-state index >= 15 is 0 Å². The Kier molecular flexibility index (Phi) is 7.78. The number of methoxy groups -OCH3 is 1. The molecule has 180 valence electrons. The lowest BCUT2D eigenvalue weighted by atomic mass is 9.97. The molecular formula is C27H28N4O3S. The number of thiophene rings is 1. The molecule has 1 aliphatic rings. The predicted molar refractivity (Wildman–Crippen MR) is 135 cm³/mol. The minimum absolute atomic E-state index is 0.00171. The predicted octanol–water partition coefficient (Wildman–Crippen LogP) is 4.67. The summed E-state index contributed by atoms with van der Waals surface area (Å²) < 4.78 is 5.28. The van der Waals surface area contributed by atoms with Crippen molar-refractivity contribution in [3.05, 3.63) is 75.9 Å². The minimum Gasteiger partial charge on any atom is -0.497 e. The van der Waals surface area contributed by atoms with Crippen LogP contribution < -0.4 is 10.1 Å². The van der Waals surface area contributed by atoms with Crippen molar-refractivity contribution in [1.29, 1.82) is 5.26 Å². The maximum Gasteiger partial charge on any atom is 0.225 e. The van der Waals surface area contributed by atoms with Crippen LogP contribution in [0.2, 0.25) is 0 Å². The lowest BCUT2D eigenvalue weighted by molar-refractivity contribution is -0.132. The van der Waals surface area contributed by atoms with Crippen LogP contribution in [0.15, 0.2) is 48.8 Å². The molecule has 8 heteroatoms. The number of nitriles is 1. The zero-order valence-electron chi connectivity index (χ0n) is 19.9. The van der Waals surface area contributed by atoms with Gasteiger partial charge in [0.05, 0.1) is 19.2 Å². The van der Waals surface area contributed by atoms with Crippen LogP contribution in [0.25, 0.3) is 0 Å². The van der Waals surface area contributed by atoms with Gasteiger partial charge >= 0.3 is 0 Å². The zero-order valence-corrected chi connectivity index (χ0v) is 20.7. The first-order valence-electron chi connectivity index (χ1n) is 11.6. The molecule has 1 N–H and O–H groups in total. The second kappa shape index (κ2) is 11.2. The summed E-state index contributed by atoms with van der Waals surface area (Å²) in [7, 11) is 1.62. The maximum atomic E-state index is 12.8. The average molecular weight is 489 g/mol. The Balaban J connectivity index is 1.39. The van der Waals surface area contributed by atoms with Gasteiger partial charge in [0.15, 0.2) is 0 Å². The number of carbonyl (C=O) groups excluding carboxylic acids is 2. The molecule has 0 saturated carbocycles. The largest absolute Gasteiger partial charge is 0.497 e. The highest BCUT2D eigenvalue weighted by Crippen LogP contribution is 2.37. The summed E-state index contributed by atoms with van der Waals surface area (Å²) in [5.74, 6) is 0.703. The molecule has 0 spiro atoms. The summed E-state index contributed by atoms with van der Waals surface area (Å²) in [5.41, 5.74) is 3.53. The maximum absolute atomic E-state index is 12.8. The van der Waals surface area contributed by atoms with Crippen LogP contribution in [0.3, 0.4) is 0 Å². The van der Waals surface area contributed by atoms with Crippen molar-refractivity contribution >= 4 is 28.2 Å². The van der Waals surface area contributed by atoms with Crippen LogP contribution in [-0.2, 0) is 29.0 Å². The summed E-state index contributed by atoms with van der Waals surface area (Å²) in [4.78, 5) is 32.5. The Labute approximate surface area is 209 Å². The smallest absolute Gasteiger partial charge is 0.225 e. The van der Waals surface area contributed by atoms with Crippen molar-refractivity contribution in [3.8, 4) is 11.8 Å². The number of hydrogen-bond acceptors (Lipinski definition) is 6. The second-order valence-corrected chi connectivity index (χ2v) is 9.78. The highest BCUT2D eigenvalue weighted by atomic mass is 32.1. The number of pyridine rings is 1. The van der Waals surface area contributed by atoms with E-state index in [2.05, 4.69) is 16.4 Å². The van der Waals surface area contributed by atoms with Gasteiger partial charge in [-0.1, -0.05) is 25.1 Å². The van der Waals surface area contributed by atoms with Gasteiger partial charge in [-0.05, 0) is 53.6 Å². The average Bonchev–Trinajstić information content (AvgIpc) is 3.23. The van der Waals surface area contributed by atoms with Crippen LogP contribution in [0.4, 0.5) is 5.00 Å². The molecule has 2 aromatic heterocycles. The van der Waals surface area contributed by atoms with Crippen molar-refractivity contribution in [3.63, 3.8) is 0 Å². The van der Waals surface area contributed by atoms with Gasteiger partial charge in [-0.25, -0.2) is 0 Å². The number of carbonyl (C=O) groups is 2. The number of fused-ring (bicyclic) bond motifs is 1. The third-order valence-corrected chi connectivity index (χ3v) is 7.41. The number of nitrogens with one attached hydrogen (secondary N) is 1. The SMILES string of the molecule is COc1cccc([C@@H](C)CC(=O)Nc2sc3c(c2C#N)CCN(C(=O)CCc2cccnc2)C3)c1. The lowest BCUT2D eigenvalue weighted by Gasteiger charge is -2.27. The van der Waals surface area contributed by atoms with Crippen molar-refractivity contribution in [1.82, 2.24) is 9.88 Å². The molecular weight excluding hydrogens is 460 g/mol. The first kappa shape index (κ1) is 24.4. The van der Waals surface area contributed by atoms with Gasteiger partial charge in [0.1, 0.15) is 16.8 Å². The summed E-state index contributed by atoms with van der Waals surface area (Å²) >= 11 is 1.40. The minimum atomic E-state index is -0.139. The fourth-order valence-corrected chi connectivity index (χ4v) is 5.53. The van der Waals surface area contributed by atoms with E-state index in [4.69, 9.17) is 4.74 Å². The number of benzene rings is 1. The molecule has 0 saturated heterocycles. The highest BCUT2D eigenvalue weighted by Gasteiger charge is 2.27. The molecule has 3 aromatic rings. The van der Waals surface area contributed by atoms with Crippen molar-refractivity contribution in [2.24, 2.45) is 0 Å². The van der Waals surface area contributed by atoms with Crippen LogP contribution >= 0.6 is 11.3 Å². The van der Waals surface area contributed by atoms with Crippen molar-refractivity contribution in [2.75, 3.05) is 19.0 Å². The Morgan fingerprint density at radius 1 is 1.31 bits per heavy atom. The zero-order chi connectivity index (χ0) is 24.8. The molecule has 3 heterocycles. The monoisotopic (exact) mass is 488 g/mol. The van der Waals surface area contributed by atoms with E-state index in [1.165, 1.54) is 11.3 Å². The molecule has 4 rings (SSSR count). The first-order chi connectivity index (χ1) is 17.0.